The van der Waals surface area contributed by atoms with E-state index in [0.29, 0.717) is 24.4 Å². The first-order chi connectivity index (χ1) is 12.6. The maximum Gasteiger partial charge on any atom is 0.156 e. The molecule has 4 heterocycles. The van der Waals surface area contributed by atoms with Crippen molar-refractivity contribution in [1.29, 1.82) is 0 Å². The van der Waals surface area contributed by atoms with Crippen molar-refractivity contribution in [3.63, 3.8) is 0 Å². The summed E-state index contributed by atoms with van der Waals surface area (Å²) in [6, 6.07) is 4.14. The van der Waals surface area contributed by atoms with Gasteiger partial charge in [-0.1, -0.05) is 13.8 Å². The Morgan fingerprint density at radius 1 is 1.04 bits per heavy atom. The predicted molar refractivity (Wildman–Crippen MR) is 100 cm³/mol. The zero-order valence-electron chi connectivity index (χ0n) is 15.7. The highest BCUT2D eigenvalue weighted by Gasteiger charge is 2.41. The molecule has 2 aliphatic heterocycles. The van der Waals surface area contributed by atoms with Gasteiger partial charge in [0.25, 0.3) is 0 Å². The molecule has 7 nitrogen and oxygen atoms in total. The molecule has 2 saturated heterocycles. The fraction of sp³-hybridized carbons (Fsp3) is 0.579. The van der Waals surface area contributed by atoms with E-state index in [1.165, 1.54) is 0 Å². The molecule has 0 N–H and O–H groups in total. The normalized spacial score (nSPS) is 22.3. The Morgan fingerprint density at radius 2 is 1.73 bits per heavy atom. The van der Waals surface area contributed by atoms with E-state index in [1.54, 1.807) is 13.4 Å². The number of hydrogen-bond acceptors (Lipinski definition) is 7. The third-order valence-corrected chi connectivity index (χ3v) is 5.36. The molecule has 0 bridgehead atoms. The first-order valence-corrected chi connectivity index (χ1v) is 9.26. The average molecular weight is 354 g/mol. The van der Waals surface area contributed by atoms with Gasteiger partial charge in [-0.2, -0.15) is 0 Å². The third kappa shape index (κ3) is 3.35. The lowest BCUT2D eigenvalue weighted by Gasteiger charge is -2.23. The van der Waals surface area contributed by atoms with Crippen LogP contribution in [0, 0.1) is 11.8 Å². The molecule has 4 rings (SSSR count). The molecule has 0 aliphatic carbocycles. The second-order valence-electron chi connectivity index (χ2n) is 7.55. The minimum atomic E-state index is 0.424. The first kappa shape index (κ1) is 17.1. The molecule has 2 aliphatic rings. The molecule has 2 fully saturated rings. The van der Waals surface area contributed by atoms with Gasteiger partial charge in [0.15, 0.2) is 5.82 Å². The average Bonchev–Trinajstić information content (AvgIpc) is 3.21. The van der Waals surface area contributed by atoms with Crippen LogP contribution in [-0.2, 0) is 11.3 Å². The van der Waals surface area contributed by atoms with Gasteiger partial charge in [0.05, 0.1) is 0 Å². The lowest BCUT2D eigenvalue weighted by Crippen LogP contribution is -2.30. The molecule has 2 aromatic heterocycles. The SMILES string of the molecule is COCc1nccc(N2CC3CN(c4cc(C(C)C)ncn4)CC3C2)n1. The summed E-state index contributed by atoms with van der Waals surface area (Å²) in [4.78, 5) is 22.6. The smallest absolute Gasteiger partial charge is 0.156 e. The van der Waals surface area contributed by atoms with E-state index < -0.39 is 0 Å². The van der Waals surface area contributed by atoms with Crippen LogP contribution in [0.15, 0.2) is 24.7 Å². The quantitative estimate of drug-likeness (QED) is 0.814. The van der Waals surface area contributed by atoms with Gasteiger partial charge in [0.1, 0.15) is 24.6 Å². The molecule has 2 aromatic rings. The minimum absolute atomic E-state index is 0.424. The molecule has 7 heteroatoms. The molecule has 138 valence electrons. The van der Waals surface area contributed by atoms with Crippen LogP contribution in [0.1, 0.15) is 31.3 Å². The second kappa shape index (κ2) is 7.15. The number of methoxy groups -OCH3 is 1. The molecular formula is C19H26N6O. The van der Waals surface area contributed by atoms with Crippen LogP contribution in [0.25, 0.3) is 0 Å². The summed E-state index contributed by atoms with van der Waals surface area (Å²) in [6.07, 6.45) is 3.52. The van der Waals surface area contributed by atoms with E-state index in [1.807, 2.05) is 12.3 Å². The lowest BCUT2D eigenvalue weighted by atomic mass is 10.0. The summed E-state index contributed by atoms with van der Waals surface area (Å²) in [7, 11) is 1.67. The summed E-state index contributed by atoms with van der Waals surface area (Å²) in [5.74, 6) is 4.53. The predicted octanol–water partition coefficient (Wildman–Crippen LogP) is 2.11. The van der Waals surface area contributed by atoms with Crippen molar-refractivity contribution in [1.82, 2.24) is 19.9 Å². The van der Waals surface area contributed by atoms with Crippen LogP contribution in [0.5, 0.6) is 0 Å². The van der Waals surface area contributed by atoms with Crippen molar-refractivity contribution in [3.05, 3.63) is 36.2 Å². The third-order valence-electron chi connectivity index (χ3n) is 5.36. The van der Waals surface area contributed by atoms with Crippen LogP contribution in [0.2, 0.25) is 0 Å². The fourth-order valence-corrected chi connectivity index (χ4v) is 3.98. The van der Waals surface area contributed by atoms with Crippen molar-refractivity contribution >= 4 is 11.6 Å². The van der Waals surface area contributed by atoms with Gasteiger partial charge in [-0.15, -0.1) is 0 Å². The number of ether oxygens (including phenoxy) is 1. The standard InChI is InChI=1S/C19H26N6O/c1-13(2)16-6-19(22-12-21-16)25-9-14-7-24(8-15(14)10-25)18-4-5-20-17(23-18)11-26-3/h4-6,12-15H,7-11H2,1-3H3. The topological polar surface area (TPSA) is 67.3 Å². The molecular weight excluding hydrogens is 328 g/mol. The molecule has 2 atom stereocenters. The van der Waals surface area contributed by atoms with Gasteiger partial charge in [-0.3, -0.25) is 0 Å². The number of anilines is 2. The van der Waals surface area contributed by atoms with Gasteiger partial charge in [-0.05, 0) is 12.0 Å². The number of fused-ring (bicyclic) bond motifs is 1. The van der Waals surface area contributed by atoms with E-state index in [2.05, 4.69) is 49.6 Å². The summed E-state index contributed by atoms with van der Waals surface area (Å²) in [5, 5.41) is 0. The van der Waals surface area contributed by atoms with Crippen LogP contribution < -0.4 is 9.80 Å². The van der Waals surface area contributed by atoms with Crippen LogP contribution in [-0.4, -0.2) is 53.2 Å². The number of aromatic nitrogens is 4. The lowest BCUT2D eigenvalue weighted by molar-refractivity contribution is 0.178. The van der Waals surface area contributed by atoms with Gasteiger partial charge in [0.2, 0.25) is 0 Å². The van der Waals surface area contributed by atoms with Crippen LogP contribution in [0.4, 0.5) is 11.6 Å². The van der Waals surface area contributed by atoms with Gasteiger partial charge < -0.3 is 14.5 Å². The molecule has 0 aromatic carbocycles. The van der Waals surface area contributed by atoms with Gasteiger partial charge in [0, 0.05) is 63.1 Å². The maximum absolute atomic E-state index is 5.15. The molecule has 0 radical (unpaired) electrons. The number of nitrogens with zero attached hydrogens (tertiary/aromatic N) is 6. The van der Waals surface area contributed by atoms with Crippen molar-refractivity contribution in [2.45, 2.75) is 26.4 Å². The van der Waals surface area contributed by atoms with Crippen LogP contribution in [0.3, 0.4) is 0 Å². The Morgan fingerprint density at radius 3 is 2.38 bits per heavy atom. The Labute approximate surface area is 154 Å². The Kier molecular flexibility index (Phi) is 4.72. The first-order valence-electron chi connectivity index (χ1n) is 9.26. The Balaban J connectivity index is 1.43. The van der Waals surface area contributed by atoms with Crippen molar-refractivity contribution in [2.75, 3.05) is 43.1 Å². The molecule has 0 spiro atoms. The summed E-state index contributed by atoms with van der Waals surface area (Å²) < 4.78 is 5.15. The Bertz CT molecular complexity index is 753. The fourth-order valence-electron chi connectivity index (χ4n) is 3.98. The van der Waals surface area contributed by atoms with Crippen molar-refractivity contribution < 1.29 is 4.74 Å². The summed E-state index contributed by atoms with van der Waals surface area (Å²) >= 11 is 0. The van der Waals surface area contributed by atoms with Crippen molar-refractivity contribution in [2.24, 2.45) is 11.8 Å². The maximum atomic E-state index is 5.15. The zero-order valence-corrected chi connectivity index (χ0v) is 15.7. The van der Waals surface area contributed by atoms with E-state index in [9.17, 15) is 0 Å². The zero-order chi connectivity index (χ0) is 18.1. The van der Waals surface area contributed by atoms with E-state index in [-0.39, 0.29) is 0 Å². The van der Waals surface area contributed by atoms with Gasteiger partial charge >= 0.3 is 0 Å². The van der Waals surface area contributed by atoms with Crippen LogP contribution >= 0.6 is 0 Å². The highest BCUT2D eigenvalue weighted by atomic mass is 16.5. The van der Waals surface area contributed by atoms with Gasteiger partial charge in [-0.25, -0.2) is 19.9 Å². The Hall–Kier alpha value is -2.28. The molecule has 0 amide bonds. The van der Waals surface area contributed by atoms with E-state index in [4.69, 9.17) is 4.74 Å². The number of rotatable bonds is 5. The van der Waals surface area contributed by atoms with E-state index in [0.717, 1.165) is 49.3 Å². The molecule has 0 saturated carbocycles. The highest BCUT2D eigenvalue weighted by Crippen LogP contribution is 2.35. The molecule has 2 unspecified atom stereocenters. The molecule has 26 heavy (non-hydrogen) atoms. The summed E-state index contributed by atoms with van der Waals surface area (Å²) in [6.45, 7) is 8.95. The second-order valence-corrected chi connectivity index (χ2v) is 7.55. The van der Waals surface area contributed by atoms with Crippen molar-refractivity contribution in [3.8, 4) is 0 Å². The van der Waals surface area contributed by atoms with E-state index >= 15 is 0 Å². The minimum Gasteiger partial charge on any atom is -0.377 e. The highest BCUT2D eigenvalue weighted by molar-refractivity contribution is 5.45. The monoisotopic (exact) mass is 354 g/mol. The summed E-state index contributed by atoms with van der Waals surface area (Å²) in [5.41, 5.74) is 1.11. The largest absolute Gasteiger partial charge is 0.377 e. The number of hydrogen-bond donors (Lipinski definition) is 0.